The van der Waals surface area contributed by atoms with Crippen molar-refractivity contribution in [2.24, 2.45) is 52.3 Å². The summed E-state index contributed by atoms with van der Waals surface area (Å²) in [6, 6.07) is 0. The van der Waals surface area contributed by atoms with Gasteiger partial charge in [-0.15, -0.1) is 0 Å². The number of halogens is 3. The van der Waals surface area contributed by atoms with Gasteiger partial charge in [0.1, 0.15) is 0 Å². The molecule has 196 valence electrons. The molecule has 0 aromatic heterocycles. The van der Waals surface area contributed by atoms with E-state index in [1.165, 1.54) is 64.2 Å². The molecule has 1 nitrogen and oxygen atoms in total. The van der Waals surface area contributed by atoms with Gasteiger partial charge >= 0.3 is 188 Å². The third kappa shape index (κ3) is 5.44. The van der Waals surface area contributed by atoms with Crippen LogP contribution < -0.4 is 0 Å². The second kappa shape index (κ2) is 10.7. The van der Waals surface area contributed by atoms with Gasteiger partial charge in [-0.1, -0.05) is 40.0 Å². The van der Waals surface area contributed by atoms with Gasteiger partial charge in [-0.05, 0) is 5.92 Å². The number of fused-ring (bicyclic) bond motifs is 5. The summed E-state index contributed by atoms with van der Waals surface area (Å²) in [6.07, 6.45) is 16.5. The van der Waals surface area contributed by atoms with E-state index >= 15 is 0 Å². The van der Waals surface area contributed by atoms with Crippen molar-refractivity contribution in [2.75, 3.05) is 0 Å². The summed E-state index contributed by atoms with van der Waals surface area (Å²) in [5.41, 5.74) is 1.04. The van der Waals surface area contributed by atoms with Gasteiger partial charge < -0.3 is 0 Å². The maximum atomic E-state index is 6.12. The van der Waals surface area contributed by atoms with E-state index in [9.17, 15) is 0 Å². The van der Waals surface area contributed by atoms with Gasteiger partial charge in [0.2, 0.25) is 0 Å². The van der Waals surface area contributed by atoms with Crippen LogP contribution in [0.25, 0.3) is 0 Å². The molecule has 0 amide bonds. The second-order valence-corrected chi connectivity index (χ2v) is 16.5. The van der Waals surface area contributed by atoms with E-state index < -0.39 is 3.79 Å². The van der Waals surface area contributed by atoms with Crippen molar-refractivity contribution in [3.8, 4) is 0 Å². The fourth-order valence-electron chi connectivity index (χ4n) is 9.57. The van der Waals surface area contributed by atoms with Gasteiger partial charge in [0.15, 0.2) is 0 Å². The van der Waals surface area contributed by atoms with E-state index in [1.54, 1.807) is 0 Å². The van der Waals surface area contributed by atoms with Crippen LogP contribution in [-0.4, -0.2) is 30.1 Å². The molecule has 4 aliphatic rings. The van der Waals surface area contributed by atoms with Gasteiger partial charge in [0.05, 0.1) is 0 Å². The quantitative estimate of drug-likeness (QED) is 0.210. The summed E-state index contributed by atoms with van der Waals surface area (Å²) >= 11 is 21.0. The van der Waals surface area contributed by atoms with Crippen LogP contribution in [0, 0.1) is 52.3 Å². The summed E-state index contributed by atoms with van der Waals surface area (Å²) in [5, 5.41) is 0. The van der Waals surface area contributed by atoms with E-state index in [0.29, 0.717) is 15.4 Å². The molecule has 0 spiro atoms. The summed E-state index contributed by atoms with van der Waals surface area (Å²) < 4.78 is 5.06. The van der Waals surface area contributed by atoms with Crippen LogP contribution in [0.4, 0.5) is 0 Å². The average Bonchev–Trinajstić information content (AvgIpc) is 3.10. The molecule has 0 radical (unpaired) electrons. The molecule has 0 aliphatic heterocycles. The molecule has 4 rings (SSSR count). The Morgan fingerprint density at radius 3 is 2.26 bits per heavy atom. The molecule has 0 saturated heterocycles. The first-order valence-electron chi connectivity index (χ1n) is 14.1. The Kier molecular flexibility index (Phi) is 8.81. The normalized spacial score (nSPS) is 43.1. The summed E-state index contributed by atoms with van der Waals surface area (Å²) in [5.74, 6) is 6.19. The molecule has 4 fully saturated rings. The Hall–Kier alpha value is 1.06. The fraction of sp³-hybridized carbons (Fsp3) is 0.966. The first kappa shape index (κ1) is 28.1. The van der Waals surface area contributed by atoms with E-state index in [1.807, 2.05) is 0 Å². The van der Waals surface area contributed by atoms with Gasteiger partial charge in [0.25, 0.3) is 0 Å². The molecule has 0 aromatic carbocycles. The summed E-state index contributed by atoms with van der Waals surface area (Å²) in [6.45, 7) is 12.7. The Labute approximate surface area is 232 Å². The molecule has 0 aromatic rings. The van der Waals surface area contributed by atoms with Gasteiger partial charge in [-0.3, -0.25) is 0 Å². The molecule has 0 unspecified atom stereocenters. The summed E-state index contributed by atoms with van der Waals surface area (Å²) in [7, 11) is 0. The Bertz CT molecular complexity index is 735. The van der Waals surface area contributed by atoms with Crippen LogP contribution >= 0.6 is 34.8 Å². The number of hydrogen-bond acceptors (Lipinski definition) is 1. The van der Waals surface area contributed by atoms with Crippen LogP contribution in [-0.2, 0) is 4.74 Å². The fourth-order valence-corrected chi connectivity index (χ4v) is 9.99. The Morgan fingerprint density at radius 1 is 0.912 bits per heavy atom. The molecule has 9 atom stereocenters. The van der Waals surface area contributed by atoms with E-state index in [0.717, 1.165) is 54.3 Å². The van der Waals surface area contributed by atoms with Crippen LogP contribution in [0.5, 0.6) is 0 Å². The monoisotopic (exact) mass is 596 g/mol. The third-order valence-corrected chi connectivity index (χ3v) is 13.4. The number of alkyl halides is 3. The minimum atomic E-state index is -1.48. The van der Waals surface area contributed by atoms with Crippen molar-refractivity contribution < 1.29 is 4.74 Å². The van der Waals surface area contributed by atoms with E-state index in [4.69, 9.17) is 39.5 Å². The van der Waals surface area contributed by atoms with Crippen molar-refractivity contribution in [2.45, 2.75) is 122 Å². The van der Waals surface area contributed by atoms with Crippen LogP contribution in [0.3, 0.4) is 0 Å². The van der Waals surface area contributed by atoms with Gasteiger partial charge in [0, 0.05) is 0 Å². The van der Waals surface area contributed by atoms with Crippen LogP contribution in [0.1, 0.15) is 112 Å². The number of rotatable bonds is 7. The van der Waals surface area contributed by atoms with Crippen molar-refractivity contribution in [1.82, 2.24) is 0 Å². The topological polar surface area (TPSA) is 9.23 Å². The second-order valence-electron chi connectivity index (χ2n) is 13.5. The zero-order valence-corrected chi connectivity index (χ0v) is 26.0. The molecule has 5 heteroatoms. The van der Waals surface area contributed by atoms with Crippen molar-refractivity contribution in [3.05, 3.63) is 0 Å². The first-order chi connectivity index (χ1) is 15.9. The van der Waals surface area contributed by atoms with Crippen LogP contribution in [0.2, 0.25) is 0 Å². The first-order valence-corrected chi connectivity index (χ1v) is 16.1. The third-order valence-electron chi connectivity index (χ3n) is 11.3. The average molecular weight is 597 g/mol. The molecular weight excluding hydrogens is 550 g/mol. The van der Waals surface area contributed by atoms with Gasteiger partial charge in [-0.2, -0.15) is 0 Å². The predicted molar refractivity (Wildman–Crippen MR) is 149 cm³/mol. The van der Waals surface area contributed by atoms with Gasteiger partial charge in [-0.25, -0.2) is 0 Å². The van der Waals surface area contributed by atoms with Crippen LogP contribution in [0.15, 0.2) is 0 Å². The van der Waals surface area contributed by atoms with Crippen molar-refractivity contribution in [1.29, 1.82) is 0 Å². The number of hydrogen-bond donors (Lipinski definition) is 0. The van der Waals surface area contributed by atoms with E-state index in [-0.39, 0.29) is 6.10 Å². The Balaban J connectivity index is 1.41. The van der Waals surface area contributed by atoms with E-state index in [2.05, 4.69) is 50.2 Å². The SMILES string of the molecule is CC(C)CCC[C@@H](C)[C@H]1CC[C@H]2[C@@H]3CC[C@H]4C[C@@H](OC(=[Se])C(Cl)(Cl)Cl)CC[C@]4(C)[C@H]3CC[C@]12C. The summed E-state index contributed by atoms with van der Waals surface area (Å²) in [4.78, 5) is 0. The van der Waals surface area contributed by atoms with Crippen molar-refractivity contribution >= 4 is 55.0 Å². The maximum absolute atomic E-state index is 6.12. The molecular formula is C29H47Cl3OSe. The molecule has 0 heterocycles. The minimum absolute atomic E-state index is 0.179. The molecule has 4 saturated carbocycles. The zero-order valence-electron chi connectivity index (χ0n) is 22.1. The predicted octanol–water partition coefficient (Wildman–Crippen LogP) is 9.16. The Morgan fingerprint density at radius 2 is 1.59 bits per heavy atom. The molecule has 0 N–H and O–H groups in total. The molecule has 4 aliphatic carbocycles. The number of ether oxygens (including phenoxy) is 1. The molecule has 0 bridgehead atoms. The van der Waals surface area contributed by atoms with Crippen molar-refractivity contribution in [3.63, 3.8) is 0 Å². The standard InChI is InChI=1S/C29H47Cl3OSe/c1-18(2)7-6-8-19(3)23-11-12-24-22-10-9-20-17-21(33-26(34)29(30,31)32)13-15-27(20,4)25(22)14-16-28(23,24)5/h18-25H,6-17H2,1-5H3/t19-,20+,21+,22+,23-,24+,25+,27+,28-/m1/s1. The zero-order chi connectivity index (χ0) is 24.9. The molecule has 34 heavy (non-hydrogen) atoms.